The molecule has 0 aliphatic carbocycles. The number of carbonyl (C=O) groups is 2. The Morgan fingerprint density at radius 3 is 2.50 bits per heavy atom. The molecule has 1 aliphatic rings. The van der Waals surface area contributed by atoms with Gasteiger partial charge in [0.05, 0.1) is 11.5 Å². The number of hydrogen-bond donors (Lipinski definition) is 1. The highest BCUT2D eigenvalue weighted by Crippen LogP contribution is 2.35. The minimum Gasteiger partial charge on any atom is -0.494 e. The molecule has 0 bridgehead atoms. The Morgan fingerprint density at radius 1 is 1.38 bits per heavy atom. The van der Waals surface area contributed by atoms with Crippen LogP contribution in [0.3, 0.4) is 0 Å². The van der Waals surface area contributed by atoms with E-state index in [1.165, 1.54) is 4.90 Å². The van der Waals surface area contributed by atoms with Crippen LogP contribution in [0.2, 0.25) is 0 Å². The summed E-state index contributed by atoms with van der Waals surface area (Å²) in [5.41, 5.74) is 0.829. The maximum Gasteiger partial charge on any atom is 0.327 e. The molecule has 0 spiro atoms. The van der Waals surface area contributed by atoms with Crippen molar-refractivity contribution in [3.05, 3.63) is 34.7 Å². The van der Waals surface area contributed by atoms with Crippen molar-refractivity contribution in [3.8, 4) is 5.75 Å². The van der Waals surface area contributed by atoms with Gasteiger partial charge in [0.25, 0.3) is 5.91 Å². The summed E-state index contributed by atoms with van der Waals surface area (Å²) in [4.78, 5) is 25.7. The van der Waals surface area contributed by atoms with E-state index in [1.807, 2.05) is 31.2 Å². The van der Waals surface area contributed by atoms with Crippen LogP contribution >= 0.6 is 24.0 Å². The molecule has 0 aromatic heterocycles. The molecule has 128 valence electrons. The van der Waals surface area contributed by atoms with Crippen molar-refractivity contribution in [1.29, 1.82) is 0 Å². The number of carboxylic acids is 1. The van der Waals surface area contributed by atoms with E-state index in [1.54, 1.807) is 19.9 Å². The highest BCUT2D eigenvalue weighted by atomic mass is 32.2. The van der Waals surface area contributed by atoms with Crippen LogP contribution in [0.5, 0.6) is 5.75 Å². The van der Waals surface area contributed by atoms with E-state index in [0.717, 1.165) is 23.1 Å². The van der Waals surface area contributed by atoms with E-state index >= 15 is 0 Å². The molecular weight excluding hydrogens is 346 g/mol. The number of thioether (sulfide) groups is 1. The van der Waals surface area contributed by atoms with E-state index in [-0.39, 0.29) is 16.1 Å². The number of carboxylic acid groups (broad SMARTS) is 1. The van der Waals surface area contributed by atoms with Crippen molar-refractivity contribution in [2.75, 3.05) is 6.61 Å². The van der Waals surface area contributed by atoms with Crippen LogP contribution in [-0.2, 0) is 9.59 Å². The third-order valence-electron chi connectivity index (χ3n) is 3.48. The number of ether oxygens (including phenoxy) is 1. The van der Waals surface area contributed by atoms with Crippen LogP contribution in [0.15, 0.2) is 29.2 Å². The minimum absolute atomic E-state index is 0.241. The number of aliphatic carboxylic acids is 1. The van der Waals surface area contributed by atoms with Crippen molar-refractivity contribution in [2.24, 2.45) is 5.92 Å². The molecule has 1 unspecified atom stereocenters. The fourth-order valence-corrected chi connectivity index (χ4v) is 3.72. The Labute approximate surface area is 150 Å². The summed E-state index contributed by atoms with van der Waals surface area (Å²) in [6.45, 7) is 6.01. The van der Waals surface area contributed by atoms with Gasteiger partial charge < -0.3 is 9.84 Å². The van der Waals surface area contributed by atoms with Crippen LogP contribution in [0.25, 0.3) is 6.08 Å². The van der Waals surface area contributed by atoms with E-state index in [9.17, 15) is 14.7 Å². The van der Waals surface area contributed by atoms with Crippen LogP contribution < -0.4 is 4.74 Å². The van der Waals surface area contributed by atoms with E-state index in [0.29, 0.717) is 11.5 Å². The zero-order valence-corrected chi connectivity index (χ0v) is 15.3. The number of carbonyl (C=O) groups excluding carboxylic acids is 1. The number of hydrogen-bond acceptors (Lipinski definition) is 5. The van der Waals surface area contributed by atoms with Crippen molar-refractivity contribution < 1.29 is 19.4 Å². The fourth-order valence-electron chi connectivity index (χ4n) is 2.39. The van der Waals surface area contributed by atoms with Crippen molar-refractivity contribution in [2.45, 2.75) is 26.8 Å². The van der Waals surface area contributed by atoms with Crippen LogP contribution in [-0.4, -0.2) is 38.9 Å². The predicted octanol–water partition coefficient (Wildman–Crippen LogP) is 3.40. The smallest absolute Gasteiger partial charge is 0.327 e. The van der Waals surface area contributed by atoms with E-state index in [4.69, 9.17) is 17.0 Å². The summed E-state index contributed by atoms with van der Waals surface area (Å²) in [5.74, 6) is -0.897. The largest absolute Gasteiger partial charge is 0.494 e. The van der Waals surface area contributed by atoms with Crippen molar-refractivity contribution in [1.82, 2.24) is 4.90 Å². The van der Waals surface area contributed by atoms with Gasteiger partial charge in [-0.3, -0.25) is 9.69 Å². The lowest BCUT2D eigenvalue weighted by Crippen LogP contribution is -2.47. The summed E-state index contributed by atoms with van der Waals surface area (Å²) in [7, 11) is 0. The Morgan fingerprint density at radius 2 is 2.00 bits per heavy atom. The third-order valence-corrected chi connectivity index (χ3v) is 4.81. The topological polar surface area (TPSA) is 66.8 Å². The number of nitrogens with zero attached hydrogens (tertiary/aromatic N) is 1. The molecule has 0 saturated carbocycles. The zero-order valence-electron chi connectivity index (χ0n) is 13.7. The number of thiocarbonyl (C=S) groups is 1. The molecular formula is C17H19NO4S2. The van der Waals surface area contributed by atoms with Gasteiger partial charge in [0.2, 0.25) is 0 Å². The molecule has 0 radical (unpaired) electrons. The first-order valence-corrected chi connectivity index (χ1v) is 8.80. The second-order valence-corrected chi connectivity index (χ2v) is 7.26. The zero-order chi connectivity index (χ0) is 17.9. The lowest BCUT2D eigenvalue weighted by Gasteiger charge is -2.26. The van der Waals surface area contributed by atoms with Crippen molar-refractivity contribution in [3.63, 3.8) is 0 Å². The molecule has 1 amide bonds. The van der Waals surface area contributed by atoms with Gasteiger partial charge in [0, 0.05) is 0 Å². The average molecular weight is 365 g/mol. The summed E-state index contributed by atoms with van der Waals surface area (Å²) in [6.07, 6.45) is 1.72. The molecule has 1 saturated heterocycles. The highest BCUT2D eigenvalue weighted by molar-refractivity contribution is 8.26. The Balaban J connectivity index is 2.25. The summed E-state index contributed by atoms with van der Waals surface area (Å²) in [5, 5.41) is 9.40. The van der Waals surface area contributed by atoms with Gasteiger partial charge in [-0.25, -0.2) is 4.79 Å². The molecule has 5 nitrogen and oxygen atoms in total. The summed E-state index contributed by atoms with van der Waals surface area (Å²) >= 11 is 6.35. The molecule has 7 heteroatoms. The molecule has 1 aromatic rings. The van der Waals surface area contributed by atoms with Gasteiger partial charge in [0.1, 0.15) is 16.1 Å². The van der Waals surface area contributed by atoms with Gasteiger partial charge in [-0.05, 0) is 36.6 Å². The van der Waals surface area contributed by atoms with E-state index in [2.05, 4.69) is 0 Å². The standard InChI is InChI=1S/C17H19NO4S2/c1-4-22-12-7-5-11(6-8-12)9-13-15(19)18(17(23)24-13)14(10(2)3)16(20)21/h5-10,14H,4H2,1-3H3,(H,20,21)/b13-9-. The van der Waals surface area contributed by atoms with Crippen molar-refractivity contribution >= 4 is 46.3 Å². The first-order chi connectivity index (χ1) is 11.3. The maximum absolute atomic E-state index is 12.6. The summed E-state index contributed by atoms with van der Waals surface area (Å²) in [6, 6.07) is 6.38. The Bertz CT molecular complexity index is 682. The fraction of sp³-hybridized carbons (Fsp3) is 0.353. The third kappa shape index (κ3) is 3.96. The number of amides is 1. The second kappa shape index (κ2) is 7.81. The predicted molar refractivity (Wildman–Crippen MR) is 98.9 cm³/mol. The van der Waals surface area contributed by atoms with Crippen LogP contribution in [0.4, 0.5) is 0 Å². The molecule has 24 heavy (non-hydrogen) atoms. The Kier molecular flexibility index (Phi) is 6.01. The normalized spacial score (nSPS) is 17.7. The molecule has 1 aliphatic heterocycles. The van der Waals surface area contributed by atoms with Gasteiger partial charge in [-0.15, -0.1) is 0 Å². The molecule has 1 atom stereocenters. The van der Waals surface area contributed by atoms with Gasteiger partial charge in [0.15, 0.2) is 0 Å². The van der Waals surface area contributed by atoms with Gasteiger partial charge in [-0.2, -0.15) is 0 Å². The number of benzene rings is 1. The highest BCUT2D eigenvalue weighted by Gasteiger charge is 2.41. The SMILES string of the molecule is CCOc1ccc(/C=C2\SC(=S)N(C(C(=O)O)C(C)C)C2=O)cc1. The molecule has 2 rings (SSSR count). The summed E-state index contributed by atoms with van der Waals surface area (Å²) < 4.78 is 5.66. The monoisotopic (exact) mass is 365 g/mol. The maximum atomic E-state index is 12.6. The second-order valence-electron chi connectivity index (χ2n) is 5.58. The lowest BCUT2D eigenvalue weighted by atomic mass is 10.0. The number of rotatable bonds is 6. The first kappa shape index (κ1) is 18.5. The molecule has 1 N–H and O–H groups in total. The van der Waals surface area contributed by atoms with Crippen LogP contribution in [0.1, 0.15) is 26.3 Å². The average Bonchev–Trinajstić information content (AvgIpc) is 2.77. The first-order valence-electron chi connectivity index (χ1n) is 7.57. The Hall–Kier alpha value is -1.86. The van der Waals surface area contributed by atoms with Gasteiger partial charge in [-0.1, -0.05) is 50.0 Å². The molecule has 1 aromatic carbocycles. The minimum atomic E-state index is -1.05. The van der Waals surface area contributed by atoms with Gasteiger partial charge >= 0.3 is 5.97 Å². The van der Waals surface area contributed by atoms with E-state index < -0.39 is 12.0 Å². The molecule has 1 fully saturated rings. The lowest BCUT2D eigenvalue weighted by molar-refractivity contribution is -0.146. The van der Waals surface area contributed by atoms with Crippen LogP contribution in [0, 0.1) is 5.92 Å². The quantitative estimate of drug-likeness (QED) is 0.616. The molecule has 1 heterocycles.